The minimum atomic E-state index is -0.983. The zero-order chi connectivity index (χ0) is 11.7. The van der Waals surface area contributed by atoms with Crippen LogP contribution in [0.1, 0.15) is 22.5 Å². The predicted molar refractivity (Wildman–Crippen MR) is 60.9 cm³/mol. The van der Waals surface area contributed by atoms with Gasteiger partial charge in [0.1, 0.15) is 10.9 Å². The molecule has 0 aliphatic heterocycles. The number of carbonyl (C=O) groups is 2. The number of thiophene rings is 1. The van der Waals surface area contributed by atoms with Gasteiger partial charge < -0.3 is 10.4 Å². The van der Waals surface area contributed by atoms with Crippen molar-refractivity contribution in [1.82, 2.24) is 5.32 Å². The zero-order valence-electron chi connectivity index (χ0n) is 8.27. The molecule has 1 aromatic heterocycles. The van der Waals surface area contributed by atoms with Crippen molar-refractivity contribution in [2.45, 2.75) is 18.9 Å². The quantitative estimate of drug-likeness (QED) is 0.869. The first-order valence-corrected chi connectivity index (χ1v) is 6.12. The van der Waals surface area contributed by atoms with Gasteiger partial charge in [-0.1, -0.05) is 11.6 Å². The van der Waals surface area contributed by atoms with Crippen LogP contribution in [0.3, 0.4) is 0 Å². The Morgan fingerprint density at radius 1 is 1.56 bits per heavy atom. The van der Waals surface area contributed by atoms with Gasteiger partial charge in [0.15, 0.2) is 0 Å². The van der Waals surface area contributed by atoms with Gasteiger partial charge in [-0.15, -0.1) is 11.3 Å². The van der Waals surface area contributed by atoms with Crippen LogP contribution >= 0.6 is 22.9 Å². The zero-order valence-corrected chi connectivity index (χ0v) is 9.85. The summed E-state index contributed by atoms with van der Waals surface area (Å²) in [6, 6.07) is 0.833. The number of carboxylic acid groups (broad SMARTS) is 1. The van der Waals surface area contributed by atoms with Crippen molar-refractivity contribution < 1.29 is 14.7 Å². The summed E-state index contributed by atoms with van der Waals surface area (Å²) in [6.45, 7) is 0. The van der Waals surface area contributed by atoms with E-state index in [1.54, 1.807) is 11.4 Å². The number of hydrogen-bond acceptors (Lipinski definition) is 3. The summed E-state index contributed by atoms with van der Waals surface area (Å²) in [6.07, 6.45) is 1.71. The molecule has 1 heterocycles. The van der Waals surface area contributed by atoms with Crippen LogP contribution in [0.25, 0.3) is 0 Å². The fraction of sp³-hybridized carbons (Fsp3) is 0.400. The lowest BCUT2D eigenvalue weighted by Gasteiger charge is -2.12. The lowest BCUT2D eigenvalue weighted by Crippen LogP contribution is -2.42. The Hall–Kier alpha value is -1.07. The van der Waals surface area contributed by atoms with Crippen molar-refractivity contribution >= 4 is 34.8 Å². The molecule has 0 radical (unpaired) electrons. The number of nitrogens with one attached hydrogen (secondary N) is 1. The summed E-state index contributed by atoms with van der Waals surface area (Å²) in [4.78, 5) is 23.0. The highest BCUT2D eigenvalue weighted by atomic mass is 35.5. The van der Waals surface area contributed by atoms with E-state index < -0.39 is 17.9 Å². The summed E-state index contributed by atoms with van der Waals surface area (Å²) >= 11 is 7.00. The molecule has 0 aromatic carbocycles. The van der Waals surface area contributed by atoms with Crippen molar-refractivity contribution in [3.8, 4) is 0 Å². The van der Waals surface area contributed by atoms with Crippen LogP contribution in [-0.4, -0.2) is 23.0 Å². The fourth-order valence-electron chi connectivity index (χ4n) is 1.47. The van der Waals surface area contributed by atoms with Crippen LogP contribution in [0.4, 0.5) is 0 Å². The van der Waals surface area contributed by atoms with Gasteiger partial charge in [0.05, 0.1) is 5.02 Å². The Morgan fingerprint density at radius 2 is 2.25 bits per heavy atom. The van der Waals surface area contributed by atoms with Gasteiger partial charge in [-0.05, 0) is 30.2 Å². The second-order valence-corrected chi connectivity index (χ2v) is 5.05. The summed E-state index contributed by atoms with van der Waals surface area (Å²) < 4.78 is 0. The molecule has 1 aromatic rings. The van der Waals surface area contributed by atoms with Gasteiger partial charge in [0, 0.05) is 0 Å². The molecular weight excluding hydrogens is 250 g/mol. The van der Waals surface area contributed by atoms with Crippen molar-refractivity contribution in [2.24, 2.45) is 5.92 Å². The Kier molecular flexibility index (Phi) is 3.16. The Bertz CT molecular complexity index is 427. The minimum Gasteiger partial charge on any atom is -0.480 e. The maximum Gasteiger partial charge on any atom is 0.326 e. The minimum absolute atomic E-state index is 0.0696. The lowest BCUT2D eigenvalue weighted by atomic mass is 10.2. The monoisotopic (exact) mass is 259 g/mol. The van der Waals surface area contributed by atoms with Crippen LogP contribution in [0.15, 0.2) is 11.4 Å². The molecule has 0 bridgehead atoms. The maximum absolute atomic E-state index is 11.7. The first-order valence-electron chi connectivity index (χ1n) is 4.86. The third-order valence-corrected chi connectivity index (χ3v) is 3.81. The third-order valence-electron chi connectivity index (χ3n) is 2.47. The number of aliphatic carboxylic acids is 1. The van der Waals surface area contributed by atoms with Gasteiger partial charge in [-0.3, -0.25) is 4.79 Å². The molecule has 1 saturated carbocycles. The van der Waals surface area contributed by atoms with Crippen LogP contribution in [0, 0.1) is 5.92 Å². The molecule has 4 nitrogen and oxygen atoms in total. The molecule has 0 saturated heterocycles. The van der Waals surface area contributed by atoms with Gasteiger partial charge >= 0.3 is 5.97 Å². The van der Waals surface area contributed by atoms with Gasteiger partial charge in [-0.25, -0.2) is 4.79 Å². The van der Waals surface area contributed by atoms with E-state index in [4.69, 9.17) is 16.7 Å². The van der Waals surface area contributed by atoms with Crippen molar-refractivity contribution in [1.29, 1.82) is 0 Å². The highest BCUT2D eigenvalue weighted by Gasteiger charge is 2.37. The van der Waals surface area contributed by atoms with E-state index in [9.17, 15) is 9.59 Å². The third kappa shape index (κ3) is 2.36. The maximum atomic E-state index is 11.7. The Labute approximate surface area is 101 Å². The standard InChI is InChI=1S/C10H10ClNO3S/c11-6-3-4-16-8(6)9(13)12-7(10(14)15)5-1-2-5/h3-5,7H,1-2H2,(H,12,13)(H,14,15). The van der Waals surface area contributed by atoms with Crippen LogP contribution in [-0.2, 0) is 4.79 Å². The number of rotatable bonds is 4. The molecule has 1 atom stereocenters. The second-order valence-electron chi connectivity index (χ2n) is 3.72. The average molecular weight is 260 g/mol. The molecule has 6 heteroatoms. The van der Waals surface area contributed by atoms with Crippen molar-refractivity contribution in [3.63, 3.8) is 0 Å². The molecule has 16 heavy (non-hydrogen) atoms. The molecule has 1 amide bonds. The largest absolute Gasteiger partial charge is 0.480 e. The summed E-state index contributed by atoms with van der Waals surface area (Å²) in [7, 11) is 0. The smallest absolute Gasteiger partial charge is 0.326 e. The summed E-state index contributed by atoms with van der Waals surface area (Å²) in [5.41, 5.74) is 0. The Morgan fingerprint density at radius 3 is 2.69 bits per heavy atom. The van der Waals surface area contributed by atoms with E-state index >= 15 is 0 Å². The molecule has 2 N–H and O–H groups in total. The van der Waals surface area contributed by atoms with Gasteiger partial charge in [0.25, 0.3) is 5.91 Å². The summed E-state index contributed by atoms with van der Waals surface area (Å²) in [5, 5.41) is 13.5. The van der Waals surface area contributed by atoms with E-state index in [1.165, 1.54) is 11.3 Å². The van der Waals surface area contributed by atoms with Crippen molar-refractivity contribution in [3.05, 3.63) is 21.3 Å². The average Bonchev–Trinajstić information content (AvgIpc) is 2.96. The predicted octanol–water partition coefficient (Wildman–Crippen LogP) is 1.99. The van der Waals surface area contributed by atoms with E-state index in [2.05, 4.69) is 5.32 Å². The highest BCUT2D eigenvalue weighted by molar-refractivity contribution is 7.12. The Balaban J connectivity index is 2.06. The highest BCUT2D eigenvalue weighted by Crippen LogP contribution is 2.33. The number of halogens is 1. The van der Waals surface area contributed by atoms with Gasteiger partial charge in [0.2, 0.25) is 0 Å². The van der Waals surface area contributed by atoms with Gasteiger partial charge in [-0.2, -0.15) is 0 Å². The van der Waals surface area contributed by atoms with E-state index in [1.807, 2.05) is 0 Å². The number of carbonyl (C=O) groups excluding carboxylic acids is 1. The van der Waals surface area contributed by atoms with E-state index in [-0.39, 0.29) is 5.92 Å². The number of carboxylic acids is 1. The molecule has 1 fully saturated rings. The lowest BCUT2D eigenvalue weighted by molar-refractivity contribution is -0.139. The molecular formula is C10H10ClNO3S. The van der Waals surface area contributed by atoms with E-state index in [0.29, 0.717) is 9.90 Å². The van der Waals surface area contributed by atoms with Crippen LogP contribution in [0.5, 0.6) is 0 Å². The van der Waals surface area contributed by atoms with Crippen LogP contribution < -0.4 is 5.32 Å². The SMILES string of the molecule is O=C(NC(C(=O)O)C1CC1)c1sccc1Cl. The fourth-order valence-corrected chi connectivity index (χ4v) is 2.52. The molecule has 1 aliphatic carbocycles. The normalized spacial score (nSPS) is 16.8. The first kappa shape index (κ1) is 11.4. The topological polar surface area (TPSA) is 66.4 Å². The molecule has 0 spiro atoms. The number of hydrogen-bond donors (Lipinski definition) is 2. The van der Waals surface area contributed by atoms with E-state index in [0.717, 1.165) is 12.8 Å². The molecule has 1 aliphatic rings. The second kappa shape index (κ2) is 4.43. The number of amides is 1. The van der Waals surface area contributed by atoms with Crippen LogP contribution in [0.2, 0.25) is 5.02 Å². The molecule has 2 rings (SSSR count). The first-order chi connectivity index (χ1) is 7.59. The van der Waals surface area contributed by atoms with Crippen molar-refractivity contribution in [2.75, 3.05) is 0 Å². The summed E-state index contributed by atoms with van der Waals surface area (Å²) in [5.74, 6) is -1.32. The molecule has 86 valence electrons. The molecule has 1 unspecified atom stereocenters.